The van der Waals surface area contributed by atoms with Gasteiger partial charge in [-0.3, -0.25) is 4.79 Å². The summed E-state index contributed by atoms with van der Waals surface area (Å²) >= 11 is 0. The molecule has 4 aromatic rings. The van der Waals surface area contributed by atoms with E-state index in [-0.39, 0.29) is 12.5 Å². The molecule has 0 atom stereocenters. The monoisotopic (exact) mass is 496 g/mol. The predicted molar refractivity (Wildman–Crippen MR) is 146 cm³/mol. The SMILES string of the molecule is CCOC(=O)/C=C/c1cn(CC(=O)N(C)CCc2ccccc2)c2c(OCc3ccccc3)cccc12. The zero-order valence-electron chi connectivity index (χ0n) is 21.3. The molecule has 0 aliphatic heterocycles. The van der Waals surface area contributed by atoms with Crippen LogP contribution < -0.4 is 4.74 Å². The van der Waals surface area contributed by atoms with Crippen molar-refractivity contribution in [1.29, 1.82) is 0 Å². The highest BCUT2D eigenvalue weighted by molar-refractivity contribution is 5.97. The molecule has 0 fully saturated rings. The van der Waals surface area contributed by atoms with E-state index in [0.717, 1.165) is 28.5 Å². The van der Waals surface area contributed by atoms with Gasteiger partial charge in [0.15, 0.2) is 0 Å². The Morgan fingerprint density at radius 2 is 1.62 bits per heavy atom. The van der Waals surface area contributed by atoms with Crippen molar-refractivity contribution in [2.45, 2.75) is 26.5 Å². The highest BCUT2D eigenvalue weighted by atomic mass is 16.5. The fourth-order valence-corrected chi connectivity index (χ4v) is 4.14. The molecule has 0 saturated heterocycles. The largest absolute Gasteiger partial charge is 0.487 e. The summed E-state index contributed by atoms with van der Waals surface area (Å²) in [7, 11) is 1.82. The summed E-state index contributed by atoms with van der Waals surface area (Å²) in [6.07, 6.45) is 5.81. The van der Waals surface area contributed by atoms with Crippen molar-refractivity contribution in [3.05, 3.63) is 108 Å². The van der Waals surface area contributed by atoms with Gasteiger partial charge >= 0.3 is 5.97 Å². The molecule has 6 heteroatoms. The molecule has 0 N–H and O–H groups in total. The first-order valence-electron chi connectivity index (χ1n) is 12.5. The molecule has 0 spiro atoms. The molecule has 1 aromatic heterocycles. The van der Waals surface area contributed by atoms with Crippen LogP contribution in [0, 0.1) is 0 Å². The van der Waals surface area contributed by atoms with Crippen molar-refractivity contribution in [1.82, 2.24) is 9.47 Å². The number of rotatable bonds is 11. The topological polar surface area (TPSA) is 60.8 Å². The summed E-state index contributed by atoms with van der Waals surface area (Å²) in [4.78, 5) is 26.9. The van der Waals surface area contributed by atoms with Gasteiger partial charge in [0.25, 0.3) is 0 Å². The van der Waals surface area contributed by atoms with Crippen molar-refractivity contribution < 1.29 is 19.1 Å². The second kappa shape index (κ2) is 12.6. The van der Waals surface area contributed by atoms with Crippen molar-refractivity contribution in [2.75, 3.05) is 20.2 Å². The zero-order valence-corrected chi connectivity index (χ0v) is 21.3. The molecule has 0 aliphatic carbocycles. The maximum Gasteiger partial charge on any atom is 0.330 e. The highest BCUT2D eigenvalue weighted by Crippen LogP contribution is 2.31. The minimum Gasteiger partial charge on any atom is -0.487 e. The summed E-state index contributed by atoms with van der Waals surface area (Å²) in [6, 6.07) is 25.9. The van der Waals surface area contributed by atoms with E-state index in [2.05, 4.69) is 12.1 Å². The van der Waals surface area contributed by atoms with Crippen molar-refractivity contribution in [3.63, 3.8) is 0 Å². The molecule has 0 unspecified atom stereocenters. The number of nitrogens with zero attached hydrogens (tertiary/aromatic N) is 2. The number of amides is 1. The lowest BCUT2D eigenvalue weighted by atomic mass is 10.1. The molecule has 6 nitrogen and oxygen atoms in total. The first kappa shape index (κ1) is 25.8. The minimum atomic E-state index is -0.406. The van der Waals surface area contributed by atoms with Gasteiger partial charge in [-0.05, 0) is 36.6 Å². The maximum absolute atomic E-state index is 13.2. The van der Waals surface area contributed by atoms with Gasteiger partial charge in [-0.2, -0.15) is 0 Å². The van der Waals surface area contributed by atoms with Gasteiger partial charge < -0.3 is 18.9 Å². The van der Waals surface area contributed by atoms with E-state index in [1.807, 2.05) is 84.5 Å². The van der Waals surface area contributed by atoms with Gasteiger partial charge in [0.05, 0.1) is 12.1 Å². The minimum absolute atomic E-state index is 0.00776. The Morgan fingerprint density at radius 3 is 2.32 bits per heavy atom. The van der Waals surface area contributed by atoms with Crippen LogP contribution in [-0.2, 0) is 33.9 Å². The Bertz CT molecular complexity index is 1360. The number of carbonyl (C=O) groups excluding carboxylic acids is 2. The fraction of sp³-hybridized carbons (Fsp3) is 0.226. The summed E-state index contributed by atoms with van der Waals surface area (Å²) in [5.74, 6) is 0.264. The second-order valence-electron chi connectivity index (χ2n) is 8.78. The van der Waals surface area contributed by atoms with E-state index in [4.69, 9.17) is 9.47 Å². The molecule has 1 amide bonds. The van der Waals surface area contributed by atoms with Crippen LogP contribution in [0.5, 0.6) is 5.75 Å². The number of hydrogen-bond donors (Lipinski definition) is 0. The molecule has 190 valence electrons. The van der Waals surface area contributed by atoms with E-state index in [9.17, 15) is 9.59 Å². The average Bonchev–Trinajstić information content (AvgIpc) is 3.28. The molecular weight excluding hydrogens is 464 g/mol. The number of ether oxygens (including phenoxy) is 2. The molecule has 37 heavy (non-hydrogen) atoms. The maximum atomic E-state index is 13.2. The molecule has 0 radical (unpaired) electrons. The van der Waals surface area contributed by atoms with Gasteiger partial charge in [-0.1, -0.05) is 72.8 Å². The third-order valence-corrected chi connectivity index (χ3v) is 6.12. The Kier molecular flexibility index (Phi) is 8.76. The lowest BCUT2D eigenvalue weighted by molar-refractivity contribution is -0.137. The fourth-order valence-electron chi connectivity index (χ4n) is 4.14. The lowest BCUT2D eigenvalue weighted by Crippen LogP contribution is -2.31. The van der Waals surface area contributed by atoms with E-state index in [0.29, 0.717) is 25.5 Å². The predicted octanol–water partition coefficient (Wildman–Crippen LogP) is 5.50. The Hall–Kier alpha value is -4.32. The molecule has 1 heterocycles. The number of benzene rings is 3. The van der Waals surface area contributed by atoms with Crippen LogP contribution in [0.1, 0.15) is 23.6 Å². The number of aromatic nitrogens is 1. The smallest absolute Gasteiger partial charge is 0.330 e. The van der Waals surface area contributed by atoms with Crippen LogP contribution in [0.4, 0.5) is 0 Å². The van der Waals surface area contributed by atoms with Crippen molar-refractivity contribution in [3.8, 4) is 5.75 Å². The van der Waals surface area contributed by atoms with Gasteiger partial charge in [0, 0.05) is 36.8 Å². The van der Waals surface area contributed by atoms with E-state index in [1.165, 1.54) is 11.6 Å². The molecule has 3 aromatic carbocycles. The molecular formula is C31H32N2O4. The zero-order chi connectivity index (χ0) is 26.0. The summed E-state index contributed by atoms with van der Waals surface area (Å²) in [5.41, 5.74) is 3.87. The molecule has 0 aliphatic rings. The van der Waals surface area contributed by atoms with Crippen LogP contribution in [0.25, 0.3) is 17.0 Å². The number of likely N-dealkylation sites (N-methyl/N-ethyl adjacent to an activating group) is 1. The van der Waals surface area contributed by atoms with E-state index < -0.39 is 5.97 Å². The molecule has 0 bridgehead atoms. The third-order valence-electron chi connectivity index (χ3n) is 6.12. The lowest BCUT2D eigenvalue weighted by Gasteiger charge is -2.18. The first-order valence-corrected chi connectivity index (χ1v) is 12.5. The van der Waals surface area contributed by atoms with Gasteiger partial charge in [-0.25, -0.2) is 4.79 Å². The quantitative estimate of drug-likeness (QED) is 0.203. The van der Waals surface area contributed by atoms with Crippen LogP contribution >= 0.6 is 0 Å². The van der Waals surface area contributed by atoms with Crippen LogP contribution in [0.2, 0.25) is 0 Å². The van der Waals surface area contributed by atoms with Gasteiger partial charge in [-0.15, -0.1) is 0 Å². The second-order valence-corrected chi connectivity index (χ2v) is 8.78. The number of carbonyl (C=O) groups is 2. The van der Waals surface area contributed by atoms with Crippen LogP contribution in [0.3, 0.4) is 0 Å². The van der Waals surface area contributed by atoms with Crippen LogP contribution in [0.15, 0.2) is 91.1 Å². The number of fused-ring (bicyclic) bond motifs is 1. The number of hydrogen-bond acceptors (Lipinski definition) is 4. The number of esters is 1. The standard InChI is InChI=1S/C31H32N2O4/c1-3-36-30(35)18-17-26-21-33(22-29(34)32(2)20-19-24-11-6-4-7-12-24)31-27(26)15-10-16-28(31)37-23-25-13-8-5-9-14-25/h4-18,21H,3,19-20,22-23H2,1-2H3/b18-17+. The molecule has 4 rings (SSSR count). The average molecular weight is 497 g/mol. The van der Waals surface area contributed by atoms with Crippen molar-refractivity contribution in [2.24, 2.45) is 0 Å². The van der Waals surface area contributed by atoms with E-state index >= 15 is 0 Å². The van der Waals surface area contributed by atoms with Gasteiger partial charge in [0.2, 0.25) is 5.91 Å². The first-order chi connectivity index (χ1) is 18.0. The highest BCUT2D eigenvalue weighted by Gasteiger charge is 2.17. The normalized spacial score (nSPS) is 11.1. The molecule has 0 saturated carbocycles. The summed E-state index contributed by atoms with van der Waals surface area (Å²) < 4.78 is 13.1. The summed E-state index contributed by atoms with van der Waals surface area (Å²) in [6.45, 7) is 3.26. The van der Waals surface area contributed by atoms with Crippen molar-refractivity contribution >= 4 is 28.9 Å². The summed E-state index contributed by atoms with van der Waals surface area (Å²) in [5, 5.41) is 0.894. The number of para-hydroxylation sites is 1. The third kappa shape index (κ3) is 6.88. The Morgan fingerprint density at radius 1 is 0.919 bits per heavy atom. The van der Waals surface area contributed by atoms with Crippen LogP contribution in [-0.4, -0.2) is 41.5 Å². The van der Waals surface area contributed by atoms with E-state index in [1.54, 1.807) is 17.9 Å². The Labute approximate surface area is 217 Å². The Balaban J connectivity index is 1.59. The van der Waals surface area contributed by atoms with Gasteiger partial charge in [0.1, 0.15) is 18.9 Å².